The molecule has 0 bridgehead atoms. The average molecular weight is 141 g/mol. The van der Waals surface area contributed by atoms with Gasteiger partial charge >= 0.3 is 0 Å². The van der Waals surface area contributed by atoms with Crippen LogP contribution in [0.4, 0.5) is 0 Å². The van der Waals surface area contributed by atoms with E-state index in [1.54, 1.807) is 6.92 Å². The first kappa shape index (κ1) is 7.73. The van der Waals surface area contributed by atoms with Gasteiger partial charge < -0.3 is 5.11 Å². The lowest BCUT2D eigenvalue weighted by Crippen LogP contribution is -2.31. The first-order valence-corrected chi connectivity index (χ1v) is 3.86. The molecule has 1 aliphatic carbocycles. The van der Waals surface area contributed by atoms with Crippen molar-refractivity contribution in [3.63, 3.8) is 0 Å². The van der Waals surface area contributed by atoms with Gasteiger partial charge in [0.05, 0.1) is 0 Å². The lowest BCUT2D eigenvalue weighted by Gasteiger charge is -2.30. The summed E-state index contributed by atoms with van der Waals surface area (Å²) in [6.45, 7) is 1.62. The van der Waals surface area contributed by atoms with Gasteiger partial charge in [-0.1, -0.05) is 12.8 Å². The van der Waals surface area contributed by atoms with Crippen molar-refractivity contribution in [2.75, 3.05) is 0 Å². The van der Waals surface area contributed by atoms with Gasteiger partial charge in [-0.15, -0.1) is 6.10 Å². The largest absolute Gasteiger partial charge is 0.852 e. The third-order valence-corrected chi connectivity index (χ3v) is 2.25. The van der Waals surface area contributed by atoms with Crippen molar-refractivity contribution in [1.29, 1.82) is 0 Å². The van der Waals surface area contributed by atoms with E-state index in [9.17, 15) is 9.90 Å². The summed E-state index contributed by atoms with van der Waals surface area (Å²) in [4.78, 5) is 10.8. The second-order valence-corrected chi connectivity index (χ2v) is 3.08. The Hall–Kier alpha value is -0.370. The van der Waals surface area contributed by atoms with Crippen LogP contribution >= 0.6 is 0 Å². The van der Waals surface area contributed by atoms with Crippen molar-refractivity contribution in [1.82, 2.24) is 0 Å². The molecule has 0 aromatic rings. The number of carbonyl (C=O) groups is 1. The zero-order valence-electron chi connectivity index (χ0n) is 6.30. The summed E-state index contributed by atoms with van der Waals surface area (Å²) >= 11 is 0. The summed E-state index contributed by atoms with van der Waals surface area (Å²) in [7, 11) is 0. The highest BCUT2D eigenvalue weighted by atomic mass is 16.3. The molecule has 0 aromatic heterocycles. The second-order valence-electron chi connectivity index (χ2n) is 3.08. The quantitative estimate of drug-likeness (QED) is 0.533. The van der Waals surface area contributed by atoms with Crippen molar-refractivity contribution in [2.24, 2.45) is 5.92 Å². The Kier molecular flexibility index (Phi) is 2.44. The molecule has 0 aliphatic heterocycles. The van der Waals surface area contributed by atoms with E-state index in [1.165, 1.54) is 0 Å². The standard InChI is InChI=1S/C8H13O2/c1-6(9)7-2-4-8(10)5-3-7/h7-8H,2-5H2,1H3/q-1. The Morgan fingerprint density at radius 2 is 1.80 bits per heavy atom. The molecule has 1 rings (SSSR count). The molecule has 0 N–H and O–H groups in total. The van der Waals surface area contributed by atoms with Crippen LogP contribution in [0.3, 0.4) is 0 Å². The van der Waals surface area contributed by atoms with Crippen molar-refractivity contribution in [3.05, 3.63) is 0 Å². The van der Waals surface area contributed by atoms with Crippen LogP contribution in [-0.2, 0) is 4.79 Å². The van der Waals surface area contributed by atoms with Gasteiger partial charge in [-0.05, 0) is 19.8 Å². The average Bonchev–Trinajstić information content (AvgIpc) is 1.88. The summed E-state index contributed by atoms with van der Waals surface area (Å²) in [5.41, 5.74) is 0. The minimum Gasteiger partial charge on any atom is -0.852 e. The Labute approximate surface area is 61.2 Å². The van der Waals surface area contributed by atoms with Crippen molar-refractivity contribution in [3.8, 4) is 0 Å². The predicted molar refractivity (Wildman–Crippen MR) is 36.4 cm³/mol. The van der Waals surface area contributed by atoms with Crippen LogP contribution in [0.5, 0.6) is 0 Å². The summed E-state index contributed by atoms with van der Waals surface area (Å²) < 4.78 is 0. The van der Waals surface area contributed by atoms with Gasteiger partial charge in [-0.3, -0.25) is 4.79 Å². The van der Waals surface area contributed by atoms with E-state index in [2.05, 4.69) is 0 Å². The number of Topliss-reactive ketones (excluding diaryl/α,β-unsaturated/α-hetero) is 1. The van der Waals surface area contributed by atoms with E-state index < -0.39 is 6.10 Å². The van der Waals surface area contributed by atoms with Gasteiger partial charge in [-0.2, -0.15) is 0 Å². The van der Waals surface area contributed by atoms with Crippen LogP contribution < -0.4 is 5.11 Å². The molecule has 0 unspecified atom stereocenters. The number of carbonyl (C=O) groups excluding carboxylic acids is 1. The minimum atomic E-state index is -0.393. The topological polar surface area (TPSA) is 40.1 Å². The molecule has 0 heterocycles. The van der Waals surface area contributed by atoms with Gasteiger partial charge in [0.15, 0.2) is 0 Å². The minimum absolute atomic E-state index is 0.199. The fraction of sp³-hybridized carbons (Fsp3) is 0.875. The molecule has 0 spiro atoms. The maximum absolute atomic E-state index is 10.8. The van der Waals surface area contributed by atoms with Gasteiger partial charge in [0, 0.05) is 5.92 Å². The molecule has 0 saturated heterocycles. The number of rotatable bonds is 1. The molecule has 1 aliphatic rings. The van der Waals surface area contributed by atoms with E-state index in [0.29, 0.717) is 12.8 Å². The van der Waals surface area contributed by atoms with E-state index in [-0.39, 0.29) is 11.7 Å². The third kappa shape index (κ3) is 1.81. The van der Waals surface area contributed by atoms with Gasteiger partial charge in [0.25, 0.3) is 0 Å². The lowest BCUT2D eigenvalue weighted by atomic mass is 9.85. The van der Waals surface area contributed by atoms with Gasteiger partial charge in [-0.25, -0.2) is 0 Å². The molecular formula is C8H13O2-. The smallest absolute Gasteiger partial charge is 0.132 e. The highest BCUT2D eigenvalue weighted by Crippen LogP contribution is 2.23. The molecule has 58 valence electrons. The van der Waals surface area contributed by atoms with Crippen LogP contribution in [0.1, 0.15) is 32.6 Å². The van der Waals surface area contributed by atoms with Gasteiger partial charge in [0.2, 0.25) is 0 Å². The van der Waals surface area contributed by atoms with E-state index in [4.69, 9.17) is 0 Å². The number of hydrogen-bond donors (Lipinski definition) is 0. The van der Waals surface area contributed by atoms with Crippen molar-refractivity contribution >= 4 is 5.78 Å². The van der Waals surface area contributed by atoms with Gasteiger partial charge in [0.1, 0.15) is 5.78 Å². The predicted octanol–water partition coefficient (Wildman–Crippen LogP) is 0.494. The first-order chi connectivity index (χ1) is 4.70. The maximum Gasteiger partial charge on any atom is 0.132 e. The molecule has 1 saturated carbocycles. The fourth-order valence-electron chi connectivity index (χ4n) is 1.47. The molecule has 1 fully saturated rings. The summed E-state index contributed by atoms with van der Waals surface area (Å²) in [5, 5.41) is 10.8. The van der Waals surface area contributed by atoms with Crippen molar-refractivity contribution in [2.45, 2.75) is 38.7 Å². The van der Waals surface area contributed by atoms with E-state index in [1.807, 2.05) is 0 Å². The zero-order valence-corrected chi connectivity index (χ0v) is 6.30. The van der Waals surface area contributed by atoms with Crippen LogP contribution in [0.2, 0.25) is 0 Å². The highest BCUT2D eigenvalue weighted by Gasteiger charge is 2.18. The summed E-state index contributed by atoms with van der Waals surface area (Å²) in [6, 6.07) is 0. The third-order valence-electron chi connectivity index (χ3n) is 2.25. The Bertz CT molecular complexity index is 123. The Morgan fingerprint density at radius 1 is 1.30 bits per heavy atom. The van der Waals surface area contributed by atoms with Crippen molar-refractivity contribution < 1.29 is 9.90 Å². The molecule has 0 radical (unpaired) electrons. The number of ketones is 1. The fourth-order valence-corrected chi connectivity index (χ4v) is 1.47. The molecular weight excluding hydrogens is 128 g/mol. The lowest BCUT2D eigenvalue weighted by molar-refractivity contribution is -0.426. The molecule has 0 aromatic carbocycles. The Morgan fingerprint density at radius 3 is 2.20 bits per heavy atom. The molecule has 10 heavy (non-hydrogen) atoms. The second kappa shape index (κ2) is 3.15. The first-order valence-electron chi connectivity index (χ1n) is 3.86. The van der Waals surface area contributed by atoms with E-state index >= 15 is 0 Å². The Balaban J connectivity index is 2.33. The monoisotopic (exact) mass is 141 g/mol. The van der Waals surface area contributed by atoms with Crippen LogP contribution in [0.25, 0.3) is 0 Å². The maximum atomic E-state index is 10.8. The zero-order chi connectivity index (χ0) is 7.56. The van der Waals surface area contributed by atoms with Crippen LogP contribution in [0, 0.1) is 5.92 Å². The van der Waals surface area contributed by atoms with E-state index in [0.717, 1.165) is 12.8 Å². The van der Waals surface area contributed by atoms with Crippen LogP contribution in [0.15, 0.2) is 0 Å². The molecule has 2 nitrogen and oxygen atoms in total. The molecule has 2 heteroatoms. The van der Waals surface area contributed by atoms with Crippen LogP contribution in [-0.4, -0.2) is 11.9 Å². The summed E-state index contributed by atoms with van der Waals surface area (Å²) in [6.07, 6.45) is 2.65. The normalized spacial score (nSPS) is 33.8. The number of hydrogen-bond acceptors (Lipinski definition) is 2. The highest BCUT2D eigenvalue weighted by molar-refractivity contribution is 5.78. The molecule has 0 amide bonds. The molecule has 0 atom stereocenters. The summed E-state index contributed by atoms with van der Waals surface area (Å²) in [5.74, 6) is 0.456. The SMILES string of the molecule is CC(=O)C1CCC([O-])CC1.